The molecule has 1 saturated carbocycles. The summed E-state index contributed by atoms with van der Waals surface area (Å²) < 4.78 is 20.9. The molecule has 2 N–H and O–H groups in total. The first-order valence-electron chi connectivity index (χ1n) is 17.1. The fraction of sp³-hybridized carbons (Fsp3) is 0.436. The van der Waals surface area contributed by atoms with Crippen LogP contribution in [0, 0.1) is 0 Å². The Balaban J connectivity index is 1.43. The van der Waals surface area contributed by atoms with Gasteiger partial charge in [0, 0.05) is 36.1 Å². The summed E-state index contributed by atoms with van der Waals surface area (Å²) in [5.41, 5.74) is 4.97. The number of hydrogen-bond acceptors (Lipinski definition) is 6. The largest absolute Gasteiger partial charge is 0.487 e. The van der Waals surface area contributed by atoms with Gasteiger partial charge in [0.25, 0.3) is 0 Å². The van der Waals surface area contributed by atoms with E-state index in [1.807, 2.05) is 82.4 Å². The number of nitrogens with zero attached hydrogens (tertiary/aromatic N) is 2. The normalized spacial score (nSPS) is 16.7. The second-order valence-electron chi connectivity index (χ2n) is 14.0. The Hall–Kier alpha value is -4.50. The van der Waals surface area contributed by atoms with E-state index in [2.05, 4.69) is 20.9 Å². The maximum Gasteiger partial charge on any atom is 0.407 e. The van der Waals surface area contributed by atoms with Gasteiger partial charge in [0.1, 0.15) is 18.8 Å². The number of aromatic carboxylic acids is 1. The molecule has 0 unspecified atom stereocenters. The van der Waals surface area contributed by atoms with Crippen LogP contribution in [0.15, 0.2) is 66.7 Å². The highest BCUT2D eigenvalue weighted by Gasteiger charge is 2.33. The number of ether oxygens (including phenoxy) is 3. The summed E-state index contributed by atoms with van der Waals surface area (Å²) in [6, 6.07) is 21.6. The SMILES string of the molecule is CN(CCNC(=O)OC(C)(C)C)[C@H]1COc2c(OCc3ccccc3)cccc2-c2c(C3CCCCC3)c3ccc(C(=O)O)cc3n2C1. The average molecular weight is 654 g/mol. The van der Waals surface area contributed by atoms with Crippen LogP contribution in [-0.4, -0.2) is 65.0 Å². The number of alkyl carbamates (subject to hydrolysis) is 1. The van der Waals surface area contributed by atoms with Gasteiger partial charge in [-0.3, -0.25) is 4.90 Å². The average Bonchev–Trinajstić information content (AvgIpc) is 3.37. The number of rotatable bonds is 9. The maximum absolute atomic E-state index is 12.4. The lowest BCUT2D eigenvalue weighted by Crippen LogP contribution is -2.44. The molecule has 4 aromatic rings. The molecule has 9 heteroatoms. The Labute approximate surface area is 282 Å². The Bertz CT molecular complexity index is 1750. The van der Waals surface area contributed by atoms with Gasteiger partial charge in [-0.15, -0.1) is 0 Å². The predicted octanol–water partition coefficient (Wildman–Crippen LogP) is 7.85. The number of carboxylic acid groups (broad SMARTS) is 1. The molecule has 1 atom stereocenters. The highest BCUT2D eigenvalue weighted by atomic mass is 16.6. The van der Waals surface area contributed by atoms with Crippen molar-refractivity contribution in [2.75, 3.05) is 26.7 Å². The van der Waals surface area contributed by atoms with E-state index in [-0.39, 0.29) is 11.6 Å². The van der Waals surface area contributed by atoms with Gasteiger partial charge in [0.15, 0.2) is 11.5 Å². The molecule has 2 heterocycles. The molecule has 0 saturated heterocycles. The number of benzene rings is 3. The number of carbonyl (C=O) groups is 2. The molecular weight excluding hydrogens is 606 g/mol. The smallest absolute Gasteiger partial charge is 0.407 e. The van der Waals surface area contributed by atoms with Crippen LogP contribution in [0.25, 0.3) is 22.2 Å². The number of likely N-dealkylation sites (N-methyl/N-ethyl adjacent to an activating group) is 1. The Morgan fingerprint density at radius 3 is 2.52 bits per heavy atom. The molecular formula is C39H47N3O6. The molecule has 1 fully saturated rings. The molecule has 254 valence electrons. The summed E-state index contributed by atoms with van der Waals surface area (Å²) in [6.07, 6.45) is 5.30. The van der Waals surface area contributed by atoms with Gasteiger partial charge in [-0.1, -0.05) is 61.7 Å². The minimum absolute atomic E-state index is 0.0946. The second kappa shape index (κ2) is 14.3. The van der Waals surface area contributed by atoms with E-state index in [0.717, 1.165) is 40.6 Å². The number of fused-ring (bicyclic) bond motifs is 5. The molecule has 6 rings (SSSR count). The van der Waals surface area contributed by atoms with E-state index in [9.17, 15) is 14.7 Å². The molecule has 2 aliphatic rings. The Morgan fingerprint density at radius 2 is 1.79 bits per heavy atom. The fourth-order valence-electron chi connectivity index (χ4n) is 7.03. The number of carboxylic acids is 1. The van der Waals surface area contributed by atoms with Gasteiger partial charge in [0.05, 0.1) is 17.3 Å². The highest BCUT2D eigenvalue weighted by molar-refractivity contribution is 5.99. The van der Waals surface area contributed by atoms with Crippen LogP contribution < -0.4 is 14.8 Å². The fourth-order valence-corrected chi connectivity index (χ4v) is 7.03. The van der Waals surface area contributed by atoms with Crippen molar-refractivity contribution in [1.82, 2.24) is 14.8 Å². The van der Waals surface area contributed by atoms with Crippen LogP contribution >= 0.6 is 0 Å². The topological polar surface area (TPSA) is 102 Å². The van der Waals surface area contributed by atoms with Crippen LogP contribution in [0.1, 0.15) is 80.3 Å². The first-order valence-corrected chi connectivity index (χ1v) is 17.1. The lowest BCUT2D eigenvalue weighted by Gasteiger charge is -2.33. The molecule has 0 radical (unpaired) electrons. The number of hydrogen-bond donors (Lipinski definition) is 2. The van der Waals surface area contributed by atoms with Crippen molar-refractivity contribution in [2.24, 2.45) is 0 Å². The van der Waals surface area contributed by atoms with E-state index < -0.39 is 17.7 Å². The van der Waals surface area contributed by atoms with Crippen LogP contribution in [0.2, 0.25) is 0 Å². The summed E-state index contributed by atoms with van der Waals surface area (Å²) in [7, 11) is 2.03. The van der Waals surface area contributed by atoms with Gasteiger partial charge in [-0.2, -0.15) is 0 Å². The summed E-state index contributed by atoms with van der Waals surface area (Å²) in [5, 5.41) is 14.0. The molecule has 1 aliphatic carbocycles. The van der Waals surface area contributed by atoms with Gasteiger partial charge in [0.2, 0.25) is 0 Å². The zero-order valence-electron chi connectivity index (χ0n) is 28.5. The van der Waals surface area contributed by atoms with Crippen molar-refractivity contribution < 1.29 is 28.9 Å². The molecule has 3 aromatic carbocycles. The van der Waals surface area contributed by atoms with Crippen molar-refractivity contribution in [3.05, 3.63) is 83.4 Å². The third-order valence-electron chi connectivity index (χ3n) is 9.40. The maximum atomic E-state index is 12.4. The third-order valence-corrected chi connectivity index (χ3v) is 9.40. The van der Waals surface area contributed by atoms with Crippen molar-refractivity contribution in [3.63, 3.8) is 0 Å². The monoisotopic (exact) mass is 653 g/mol. The predicted molar refractivity (Wildman–Crippen MR) is 187 cm³/mol. The van der Waals surface area contributed by atoms with Crippen LogP contribution in [-0.2, 0) is 17.9 Å². The molecule has 0 spiro atoms. The molecule has 48 heavy (non-hydrogen) atoms. The zero-order chi connectivity index (χ0) is 33.8. The molecule has 0 bridgehead atoms. The van der Waals surface area contributed by atoms with Crippen molar-refractivity contribution in [2.45, 2.75) is 83.6 Å². The van der Waals surface area contributed by atoms with E-state index in [1.54, 1.807) is 6.07 Å². The first-order chi connectivity index (χ1) is 23.1. The van der Waals surface area contributed by atoms with Gasteiger partial charge in [-0.25, -0.2) is 9.59 Å². The summed E-state index contributed by atoms with van der Waals surface area (Å²) >= 11 is 0. The quantitative estimate of drug-likeness (QED) is 0.190. The van der Waals surface area contributed by atoms with E-state index in [4.69, 9.17) is 14.2 Å². The summed E-state index contributed by atoms with van der Waals surface area (Å²) in [5.74, 6) is 0.769. The standard InChI is InChI=1S/C39H47N3O6/c1-39(2,3)48-38(45)40-20-21-41(4)29-23-42-32-22-28(37(43)44)18-19-30(32)34(27-14-9-6-10-15-27)35(42)31-16-11-17-33(36(31)47-25-29)46-24-26-12-7-5-8-13-26/h5,7-8,11-13,16-19,22,27,29H,6,9-10,14-15,20-21,23-25H2,1-4H3,(H,40,45)(H,43,44)/t29-/m1/s1. The summed E-state index contributed by atoms with van der Waals surface area (Å²) in [6.45, 7) is 7.86. The van der Waals surface area contributed by atoms with Crippen molar-refractivity contribution in [1.29, 1.82) is 0 Å². The minimum atomic E-state index is -0.945. The first kappa shape index (κ1) is 33.4. The van der Waals surface area contributed by atoms with Crippen LogP contribution in [0.3, 0.4) is 0 Å². The van der Waals surface area contributed by atoms with Crippen LogP contribution in [0.5, 0.6) is 11.5 Å². The van der Waals surface area contributed by atoms with Crippen molar-refractivity contribution >= 4 is 23.0 Å². The zero-order valence-corrected chi connectivity index (χ0v) is 28.5. The van der Waals surface area contributed by atoms with Gasteiger partial charge >= 0.3 is 12.1 Å². The Kier molecular flexibility index (Phi) is 9.96. The van der Waals surface area contributed by atoms with Gasteiger partial charge < -0.3 is 29.2 Å². The lowest BCUT2D eigenvalue weighted by atomic mass is 9.81. The third kappa shape index (κ3) is 7.46. The number of nitrogens with one attached hydrogen (secondary N) is 1. The number of carbonyl (C=O) groups excluding carboxylic acids is 1. The number of amides is 1. The molecule has 1 amide bonds. The molecule has 1 aliphatic heterocycles. The number of para-hydroxylation sites is 1. The lowest BCUT2D eigenvalue weighted by molar-refractivity contribution is 0.0516. The van der Waals surface area contributed by atoms with E-state index in [1.165, 1.54) is 24.8 Å². The number of aromatic nitrogens is 1. The van der Waals surface area contributed by atoms with E-state index >= 15 is 0 Å². The Morgan fingerprint density at radius 1 is 1.02 bits per heavy atom. The minimum Gasteiger partial charge on any atom is -0.487 e. The highest BCUT2D eigenvalue weighted by Crippen LogP contribution is 2.49. The van der Waals surface area contributed by atoms with Gasteiger partial charge in [-0.05, 0) is 82.0 Å². The van der Waals surface area contributed by atoms with Crippen LogP contribution in [0.4, 0.5) is 4.79 Å². The van der Waals surface area contributed by atoms with E-state index in [0.29, 0.717) is 50.3 Å². The molecule has 1 aromatic heterocycles. The molecule has 9 nitrogen and oxygen atoms in total. The van der Waals surface area contributed by atoms with Crippen molar-refractivity contribution in [3.8, 4) is 22.8 Å². The second-order valence-corrected chi connectivity index (χ2v) is 14.0. The summed E-state index contributed by atoms with van der Waals surface area (Å²) in [4.78, 5) is 26.8.